The first-order chi connectivity index (χ1) is 6.91. The SMILES string of the molecule is CC(=O)c1ccc(Br)c2c1OC(F)(F)O2. The number of benzene rings is 1. The maximum atomic E-state index is 12.8. The number of fused-ring (bicyclic) bond motifs is 1. The molecule has 1 aromatic carbocycles. The molecular formula is C9H5BrF2O3. The Bertz CT molecular complexity index is 445. The first-order valence-electron chi connectivity index (χ1n) is 4.00. The molecule has 0 saturated carbocycles. The van der Waals surface area contributed by atoms with Gasteiger partial charge >= 0.3 is 6.29 Å². The lowest BCUT2D eigenvalue weighted by molar-refractivity contribution is -0.287. The van der Waals surface area contributed by atoms with Gasteiger partial charge in [-0.05, 0) is 35.0 Å². The van der Waals surface area contributed by atoms with Gasteiger partial charge in [-0.3, -0.25) is 4.79 Å². The molecule has 3 nitrogen and oxygen atoms in total. The fraction of sp³-hybridized carbons (Fsp3) is 0.222. The summed E-state index contributed by atoms with van der Waals surface area (Å²) in [6.45, 7) is 1.27. The zero-order valence-electron chi connectivity index (χ0n) is 7.51. The maximum absolute atomic E-state index is 12.8. The van der Waals surface area contributed by atoms with E-state index in [-0.39, 0.29) is 22.8 Å². The van der Waals surface area contributed by atoms with Gasteiger partial charge in [-0.25, -0.2) is 0 Å². The van der Waals surface area contributed by atoms with Crippen LogP contribution in [0.25, 0.3) is 0 Å². The Morgan fingerprint density at radius 2 is 1.93 bits per heavy atom. The van der Waals surface area contributed by atoms with Crippen molar-refractivity contribution in [2.24, 2.45) is 0 Å². The van der Waals surface area contributed by atoms with Crippen LogP contribution in [0, 0.1) is 0 Å². The molecule has 1 aliphatic rings. The number of hydrogen-bond donors (Lipinski definition) is 0. The number of alkyl halides is 2. The van der Waals surface area contributed by atoms with E-state index >= 15 is 0 Å². The lowest BCUT2D eigenvalue weighted by Crippen LogP contribution is -2.26. The fourth-order valence-corrected chi connectivity index (χ4v) is 1.66. The van der Waals surface area contributed by atoms with Crippen LogP contribution in [-0.4, -0.2) is 12.1 Å². The highest BCUT2D eigenvalue weighted by Gasteiger charge is 2.46. The van der Waals surface area contributed by atoms with E-state index in [9.17, 15) is 13.6 Å². The van der Waals surface area contributed by atoms with Crippen LogP contribution in [0.1, 0.15) is 17.3 Å². The molecule has 0 unspecified atom stereocenters. The summed E-state index contributed by atoms with van der Waals surface area (Å²) in [4.78, 5) is 11.1. The average Bonchev–Trinajstić information content (AvgIpc) is 2.41. The van der Waals surface area contributed by atoms with Crippen molar-refractivity contribution in [3.05, 3.63) is 22.2 Å². The Kier molecular flexibility index (Phi) is 2.18. The molecule has 0 radical (unpaired) electrons. The Morgan fingerprint density at radius 1 is 1.33 bits per heavy atom. The molecule has 0 spiro atoms. The van der Waals surface area contributed by atoms with E-state index in [0.29, 0.717) is 4.47 Å². The molecule has 0 aromatic heterocycles. The van der Waals surface area contributed by atoms with E-state index in [1.165, 1.54) is 19.1 Å². The zero-order valence-corrected chi connectivity index (χ0v) is 9.10. The van der Waals surface area contributed by atoms with Crippen molar-refractivity contribution in [3.8, 4) is 11.5 Å². The highest BCUT2D eigenvalue weighted by molar-refractivity contribution is 9.10. The van der Waals surface area contributed by atoms with Gasteiger partial charge in [-0.2, -0.15) is 0 Å². The van der Waals surface area contributed by atoms with Gasteiger partial charge in [0.25, 0.3) is 0 Å². The fourth-order valence-electron chi connectivity index (χ4n) is 1.27. The number of ketones is 1. The summed E-state index contributed by atoms with van der Waals surface area (Å²) in [7, 11) is 0. The number of Topliss-reactive ketones (excluding diaryl/α,β-unsaturated/α-hetero) is 1. The third-order valence-corrected chi connectivity index (χ3v) is 2.51. The Hall–Kier alpha value is -1.17. The zero-order chi connectivity index (χ0) is 11.2. The van der Waals surface area contributed by atoms with Crippen molar-refractivity contribution in [1.29, 1.82) is 0 Å². The molecule has 0 aliphatic carbocycles. The van der Waals surface area contributed by atoms with Crippen molar-refractivity contribution < 1.29 is 23.0 Å². The minimum atomic E-state index is -3.71. The van der Waals surface area contributed by atoms with Gasteiger partial charge in [0.05, 0.1) is 10.0 Å². The summed E-state index contributed by atoms with van der Waals surface area (Å²) in [5.41, 5.74) is 0.0744. The molecule has 80 valence electrons. The van der Waals surface area contributed by atoms with Gasteiger partial charge in [-0.15, -0.1) is 8.78 Å². The topological polar surface area (TPSA) is 35.5 Å². The van der Waals surface area contributed by atoms with Gasteiger partial charge in [0.15, 0.2) is 17.3 Å². The van der Waals surface area contributed by atoms with Gasteiger partial charge in [0.1, 0.15) is 0 Å². The van der Waals surface area contributed by atoms with E-state index < -0.39 is 6.29 Å². The number of ether oxygens (including phenoxy) is 2. The van der Waals surface area contributed by atoms with E-state index in [0.717, 1.165) is 0 Å². The molecule has 1 aromatic rings. The van der Waals surface area contributed by atoms with Crippen molar-refractivity contribution in [3.63, 3.8) is 0 Å². The summed E-state index contributed by atoms with van der Waals surface area (Å²) < 4.78 is 34.4. The summed E-state index contributed by atoms with van der Waals surface area (Å²) in [5, 5.41) is 0. The smallest absolute Gasteiger partial charge is 0.394 e. The van der Waals surface area contributed by atoms with E-state index in [2.05, 4.69) is 25.4 Å². The number of rotatable bonds is 1. The van der Waals surface area contributed by atoms with Gasteiger partial charge in [-0.1, -0.05) is 0 Å². The van der Waals surface area contributed by atoms with Crippen molar-refractivity contribution in [1.82, 2.24) is 0 Å². The second kappa shape index (κ2) is 3.16. The van der Waals surface area contributed by atoms with Crippen LogP contribution >= 0.6 is 15.9 Å². The highest BCUT2D eigenvalue weighted by Crippen LogP contribution is 2.47. The highest BCUT2D eigenvalue weighted by atomic mass is 79.9. The first kappa shape index (κ1) is 10.4. The predicted molar refractivity (Wildman–Crippen MR) is 50.3 cm³/mol. The minimum Gasteiger partial charge on any atom is -0.394 e. The number of carbonyl (C=O) groups excluding carboxylic acids is 1. The summed E-state index contributed by atoms with van der Waals surface area (Å²) in [6, 6.07) is 2.86. The standard InChI is InChI=1S/C9H5BrF2O3/c1-4(13)5-2-3-6(10)8-7(5)14-9(11,12)15-8/h2-3H,1H3. The van der Waals surface area contributed by atoms with Crippen LogP contribution in [0.4, 0.5) is 8.78 Å². The quantitative estimate of drug-likeness (QED) is 0.741. The third kappa shape index (κ3) is 1.69. The van der Waals surface area contributed by atoms with Crippen LogP contribution in [0.2, 0.25) is 0 Å². The number of hydrogen-bond acceptors (Lipinski definition) is 3. The normalized spacial score (nSPS) is 16.5. The molecular weight excluding hydrogens is 274 g/mol. The van der Waals surface area contributed by atoms with E-state index in [1.807, 2.05) is 0 Å². The van der Waals surface area contributed by atoms with E-state index in [1.54, 1.807) is 0 Å². The van der Waals surface area contributed by atoms with Crippen molar-refractivity contribution in [2.45, 2.75) is 13.2 Å². The van der Waals surface area contributed by atoms with Crippen LogP contribution in [0.5, 0.6) is 11.5 Å². The Balaban J connectivity index is 2.60. The molecule has 2 rings (SSSR count). The van der Waals surface area contributed by atoms with E-state index in [4.69, 9.17) is 0 Å². The molecule has 15 heavy (non-hydrogen) atoms. The van der Waals surface area contributed by atoms with Crippen molar-refractivity contribution in [2.75, 3.05) is 0 Å². The van der Waals surface area contributed by atoms with Crippen LogP contribution in [0.3, 0.4) is 0 Å². The predicted octanol–water partition coefficient (Wildman–Crippen LogP) is 2.97. The first-order valence-corrected chi connectivity index (χ1v) is 4.79. The van der Waals surface area contributed by atoms with Crippen LogP contribution in [-0.2, 0) is 0 Å². The van der Waals surface area contributed by atoms with Gasteiger partial charge < -0.3 is 9.47 Å². The van der Waals surface area contributed by atoms with Gasteiger partial charge in [0.2, 0.25) is 0 Å². The second-order valence-electron chi connectivity index (χ2n) is 2.98. The van der Waals surface area contributed by atoms with Crippen LogP contribution < -0.4 is 9.47 Å². The number of carbonyl (C=O) groups is 1. The molecule has 0 saturated heterocycles. The lowest BCUT2D eigenvalue weighted by Gasteiger charge is -2.05. The minimum absolute atomic E-state index is 0.0744. The second-order valence-corrected chi connectivity index (χ2v) is 3.83. The summed E-state index contributed by atoms with van der Waals surface area (Å²) in [6.07, 6.45) is -3.71. The van der Waals surface area contributed by atoms with Crippen molar-refractivity contribution >= 4 is 21.7 Å². The molecule has 1 heterocycles. The molecule has 0 amide bonds. The lowest BCUT2D eigenvalue weighted by atomic mass is 10.1. The molecule has 0 bridgehead atoms. The maximum Gasteiger partial charge on any atom is 0.586 e. The molecule has 0 atom stereocenters. The summed E-state index contributed by atoms with van der Waals surface area (Å²) >= 11 is 3.03. The molecule has 0 fully saturated rings. The molecule has 0 N–H and O–H groups in total. The number of halogens is 3. The average molecular weight is 279 g/mol. The largest absolute Gasteiger partial charge is 0.586 e. The third-order valence-electron chi connectivity index (χ3n) is 1.89. The monoisotopic (exact) mass is 278 g/mol. The Labute approximate surface area is 92.1 Å². The molecule has 6 heteroatoms. The van der Waals surface area contributed by atoms with Crippen LogP contribution in [0.15, 0.2) is 16.6 Å². The van der Waals surface area contributed by atoms with Gasteiger partial charge in [0, 0.05) is 0 Å². The Morgan fingerprint density at radius 3 is 2.53 bits per heavy atom. The molecule has 1 aliphatic heterocycles. The summed E-state index contributed by atoms with van der Waals surface area (Å²) in [5.74, 6) is -0.727.